The summed E-state index contributed by atoms with van der Waals surface area (Å²) in [4.78, 5) is 0. The number of hydrogen-bond donors (Lipinski definition) is 1. The molecule has 0 radical (unpaired) electrons. The van der Waals surface area contributed by atoms with Gasteiger partial charge in [-0.15, -0.1) is 0 Å². The molecule has 0 aromatic carbocycles. The Balaban J connectivity index is 0. The average molecular weight is 473 g/mol. The zero-order chi connectivity index (χ0) is 19.5. The molecule has 0 aliphatic carbocycles. The van der Waals surface area contributed by atoms with E-state index in [1.165, 1.54) is 0 Å². The van der Waals surface area contributed by atoms with E-state index < -0.39 is 45.2 Å². The van der Waals surface area contributed by atoms with Crippen LogP contribution >= 0.6 is 0 Å². The molecule has 0 rings (SSSR count). The fourth-order valence-electron chi connectivity index (χ4n) is 0.917. The molecule has 0 aromatic rings. The van der Waals surface area contributed by atoms with Crippen molar-refractivity contribution in [2.24, 2.45) is 0 Å². The van der Waals surface area contributed by atoms with Gasteiger partial charge in [-0.2, -0.15) is 65.5 Å². The maximum absolute atomic E-state index is 12.7. The van der Waals surface area contributed by atoms with Gasteiger partial charge in [-0.3, -0.25) is 4.55 Å². The van der Waals surface area contributed by atoms with Crippen LogP contribution in [0.2, 0.25) is 0 Å². The number of alkyl halides is 13. The van der Waals surface area contributed by atoms with Crippen molar-refractivity contribution in [2.45, 2.75) is 35.1 Å². The molecular weight excluding hydrogens is 469 g/mol. The molecule has 3 nitrogen and oxygen atoms in total. The monoisotopic (exact) mass is 472 g/mol. The first kappa shape index (κ1) is 25.9. The summed E-state index contributed by atoms with van der Waals surface area (Å²) in [5.41, 5.74) is 0. The summed E-state index contributed by atoms with van der Waals surface area (Å²) < 4.78 is 188. The SMILES string of the molecule is O=S(=O)(O)C(F)(F)C(F)(F)C(F)(F)C(F)(F)C(F)(F)C(F)(F)F.[GaH3]. The quantitative estimate of drug-likeness (QED) is 0.380. The van der Waals surface area contributed by atoms with Crippen molar-refractivity contribution in [2.75, 3.05) is 0 Å². The summed E-state index contributed by atoms with van der Waals surface area (Å²) in [6.07, 6.45) is -7.59. The molecule has 0 atom stereocenters. The normalized spacial score (nSPS) is 15.9. The topological polar surface area (TPSA) is 54.4 Å². The van der Waals surface area contributed by atoms with Gasteiger partial charge in [0.25, 0.3) is 0 Å². The molecule has 0 saturated carbocycles. The van der Waals surface area contributed by atoms with Crippen LogP contribution in [-0.4, -0.2) is 67.9 Å². The second-order valence-electron chi connectivity index (χ2n) is 3.79. The van der Waals surface area contributed by atoms with Gasteiger partial charge in [0.15, 0.2) is 0 Å². The van der Waals surface area contributed by atoms with Gasteiger partial charge < -0.3 is 0 Å². The van der Waals surface area contributed by atoms with E-state index in [2.05, 4.69) is 0 Å². The van der Waals surface area contributed by atoms with Crippen molar-refractivity contribution in [3.8, 4) is 0 Å². The zero-order valence-electron chi connectivity index (χ0n) is 9.59. The first-order chi connectivity index (χ1) is 9.50. The fourth-order valence-corrected chi connectivity index (χ4v) is 1.37. The van der Waals surface area contributed by atoms with Crippen LogP contribution in [0.5, 0.6) is 0 Å². The van der Waals surface area contributed by atoms with E-state index >= 15 is 0 Å². The first-order valence-corrected chi connectivity index (χ1v) is 5.87. The van der Waals surface area contributed by atoms with Crippen LogP contribution in [0.4, 0.5) is 57.1 Å². The predicted octanol–water partition coefficient (Wildman–Crippen LogP) is 2.39. The number of halogens is 13. The Kier molecular flexibility index (Phi) is 6.59. The Morgan fingerprint density at radius 3 is 1.00 bits per heavy atom. The van der Waals surface area contributed by atoms with Crippen molar-refractivity contribution in [3.05, 3.63) is 0 Å². The third-order valence-electron chi connectivity index (χ3n) is 2.23. The molecule has 18 heteroatoms. The summed E-state index contributed by atoms with van der Waals surface area (Å²) in [6.45, 7) is 0. The predicted molar refractivity (Wildman–Crippen MR) is 52.3 cm³/mol. The van der Waals surface area contributed by atoms with E-state index in [9.17, 15) is 65.5 Å². The molecule has 146 valence electrons. The fraction of sp³-hybridized carbons (Fsp3) is 1.00. The van der Waals surface area contributed by atoms with Crippen molar-refractivity contribution in [1.82, 2.24) is 0 Å². The first-order valence-electron chi connectivity index (χ1n) is 4.43. The standard InChI is InChI=1S/C6HF13O3S.Ga.3H/c7-1(8,3(11,12)5(15,16)17)2(9,10)4(13,14)6(18,19)23(20,21)22;;;;/h(H,20,21,22);;;;. The van der Waals surface area contributed by atoms with Crippen molar-refractivity contribution in [1.29, 1.82) is 0 Å². The van der Waals surface area contributed by atoms with E-state index in [4.69, 9.17) is 4.55 Å². The summed E-state index contributed by atoms with van der Waals surface area (Å²) in [5, 5.41) is -7.52. The van der Waals surface area contributed by atoms with Gasteiger partial charge in [-0.1, -0.05) is 0 Å². The summed E-state index contributed by atoms with van der Waals surface area (Å²) in [5.74, 6) is -32.5. The van der Waals surface area contributed by atoms with Crippen molar-refractivity contribution >= 4 is 29.9 Å². The second kappa shape index (κ2) is 6.11. The van der Waals surface area contributed by atoms with Crippen LogP contribution in [0, 0.1) is 0 Å². The summed E-state index contributed by atoms with van der Waals surface area (Å²) in [7, 11) is -7.61. The maximum atomic E-state index is 12.7. The molecule has 0 heterocycles. The molecule has 0 aliphatic rings. The number of hydrogen-bond acceptors (Lipinski definition) is 2. The van der Waals surface area contributed by atoms with Gasteiger partial charge in [-0.25, -0.2) is 0 Å². The van der Waals surface area contributed by atoms with Gasteiger partial charge >= 0.3 is 65.0 Å². The Morgan fingerprint density at radius 1 is 0.542 bits per heavy atom. The van der Waals surface area contributed by atoms with E-state index in [1.54, 1.807) is 0 Å². The van der Waals surface area contributed by atoms with Crippen LogP contribution in [0.3, 0.4) is 0 Å². The molecule has 0 saturated heterocycles. The van der Waals surface area contributed by atoms with Gasteiger partial charge in [0.2, 0.25) is 0 Å². The van der Waals surface area contributed by atoms with Crippen LogP contribution in [0.15, 0.2) is 0 Å². The molecule has 0 spiro atoms. The molecule has 24 heavy (non-hydrogen) atoms. The molecule has 0 bridgehead atoms. The Hall–Kier alpha value is -0.364. The molecule has 0 amide bonds. The van der Waals surface area contributed by atoms with Crippen LogP contribution in [-0.2, 0) is 10.1 Å². The van der Waals surface area contributed by atoms with E-state index in [-0.39, 0.29) is 19.8 Å². The molecule has 0 fully saturated rings. The third kappa shape index (κ3) is 3.20. The molecule has 0 aliphatic heterocycles. The molecule has 1 N–H and O–H groups in total. The summed E-state index contributed by atoms with van der Waals surface area (Å²) >= 11 is 0. The van der Waals surface area contributed by atoms with Gasteiger partial charge in [0.1, 0.15) is 0 Å². The van der Waals surface area contributed by atoms with Gasteiger partial charge in [-0.05, 0) is 0 Å². The Bertz CT molecular complexity index is 565. The zero-order valence-corrected chi connectivity index (χ0v) is 10.4. The minimum atomic E-state index is -8.25. The van der Waals surface area contributed by atoms with Crippen molar-refractivity contribution < 1.29 is 70.0 Å². The van der Waals surface area contributed by atoms with E-state index in [1.807, 2.05) is 0 Å². The van der Waals surface area contributed by atoms with Gasteiger partial charge in [0, 0.05) is 0 Å². The number of rotatable bonds is 5. The summed E-state index contributed by atoms with van der Waals surface area (Å²) in [6, 6.07) is 0. The average Bonchev–Trinajstić information content (AvgIpc) is 2.24. The third-order valence-corrected chi connectivity index (χ3v) is 3.13. The molecule has 0 unspecified atom stereocenters. The van der Waals surface area contributed by atoms with Gasteiger partial charge in [0.05, 0.1) is 0 Å². The molecule has 0 aromatic heterocycles. The van der Waals surface area contributed by atoms with Crippen LogP contribution in [0.25, 0.3) is 0 Å². The van der Waals surface area contributed by atoms with E-state index in [0.29, 0.717) is 0 Å². The Labute approximate surface area is 136 Å². The van der Waals surface area contributed by atoms with Crippen LogP contribution < -0.4 is 0 Å². The second-order valence-corrected chi connectivity index (χ2v) is 5.25. The van der Waals surface area contributed by atoms with E-state index in [0.717, 1.165) is 0 Å². The van der Waals surface area contributed by atoms with Crippen molar-refractivity contribution in [3.63, 3.8) is 0 Å². The molecular formula is C6H4F13GaO3S. The Morgan fingerprint density at radius 2 is 0.792 bits per heavy atom. The van der Waals surface area contributed by atoms with Crippen LogP contribution in [0.1, 0.15) is 0 Å². The minimum absolute atomic E-state index is 0.